The number of hydrogen-bond acceptors (Lipinski definition) is 3. The van der Waals surface area contributed by atoms with Gasteiger partial charge in [0.1, 0.15) is 5.82 Å². The van der Waals surface area contributed by atoms with Gasteiger partial charge >= 0.3 is 0 Å². The van der Waals surface area contributed by atoms with Crippen LogP contribution >= 0.6 is 0 Å². The Morgan fingerprint density at radius 1 is 1.25 bits per heavy atom. The van der Waals surface area contributed by atoms with Gasteiger partial charge in [0.2, 0.25) is 5.91 Å². The maximum absolute atomic E-state index is 13.2. The van der Waals surface area contributed by atoms with Crippen LogP contribution in [0.15, 0.2) is 24.3 Å². The zero-order valence-electron chi connectivity index (χ0n) is 14.3. The predicted molar refractivity (Wildman–Crippen MR) is 91.2 cm³/mol. The van der Waals surface area contributed by atoms with Crippen LogP contribution in [0.4, 0.5) is 4.39 Å². The first-order valence-electron chi connectivity index (χ1n) is 8.97. The molecule has 3 rings (SSSR count). The lowest BCUT2D eigenvalue weighted by Gasteiger charge is -2.42. The van der Waals surface area contributed by atoms with E-state index in [0.29, 0.717) is 0 Å². The largest absolute Gasteiger partial charge is 0.379 e. The number of benzene rings is 1. The Bertz CT molecular complexity index is 543. The zero-order valence-corrected chi connectivity index (χ0v) is 14.3. The summed E-state index contributed by atoms with van der Waals surface area (Å²) in [7, 11) is 1.72. The quantitative estimate of drug-likeness (QED) is 0.919. The average molecular weight is 334 g/mol. The molecule has 0 saturated carbocycles. The third-order valence-corrected chi connectivity index (χ3v) is 5.35. The topological polar surface area (TPSA) is 41.6 Å². The SMILES string of the molecule is CO[C@H]1CCCN(C(=O)C2CCNCC2)[C@H]1Cc1ccc(F)cc1. The van der Waals surface area contributed by atoms with E-state index in [0.717, 1.165) is 57.3 Å². The summed E-state index contributed by atoms with van der Waals surface area (Å²) in [5.74, 6) is 0.163. The lowest BCUT2D eigenvalue weighted by molar-refractivity contribution is -0.145. The molecule has 0 radical (unpaired) electrons. The summed E-state index contributed by atoms with van der Waals surface area (Å²) in [6.07, 6.45) is 4.55. The lowest BCUT2D eigenvalue weighted by Crippen LogP contribution is -2.55. The van der Waals surface area contributed by atoms with Gasteiger partial charge in [-0.2, -0.15) is 0 Å². The molecular weight excluding hydrogens is 307 g/mol. The molecule has 2 aliphatic rings. The molecule has 4 nitrogen and oxygen atoms in total. The van der Waals surface area contributed by atoms with Gasteiger partial charge in [-0.25, -0.2) is 4.39 Å². The lowest BCUT2D eigenvalue weighted by atomic mass is 9.89. The van der Waals surface area contributed by atoms with Gasteiger partial charge in [0.15, 0.2) is 0 Å². The van der Waals surface area contributed by atoms with Gasteiger partial charge in [0.05, 0.1) is 12.1 Å². The molecule has 0 bridgehead atoms. The molecular formula is C19H27FN2O2. The van der Waals surface area contributed by atoms with Gasteiger partial charge in [-0.05, 0) is 62.9 Å². The third-order valence-electron chi connectivity index (χ3n) is 5.35. The number of hydrogen-bond donors (Lipinski definition) is 1. The van der Waals surface area contributed by atoms with Crippen LogP contribution in [0.5, 0.6) is 0 Å². The molecule has 1 amide bonds. The molecule has 0 aromatic heterocycles. The maximum Gasteiger partial charge on any atom is 0.226 e. The van der Waals surface area contributed by atoms with E-state index in [-0.39, 0.29) is 29.8 Å². The van der Waals surface area contributed by atoms with Gasteiger partial charge < -0.3 is 15.0 Å². The Morgan fingerprint density at radius 3 is 2.62 bits per heavy atom. The second kappa shape index (κ2) is 8.08. The standard InChI is InChI=1S/C19H27FN2O2/c1-24-18-3-2-12-22(19(23)15-8-10-21-11-9-15)17(18)13-14-4-6-16(20)7-5-14/h4-7,15,17-18,21H,2-3,8-13H2,1H3/t17-,18-/m0/s1. The fourth-order valence-corrected chi connectivity index (χ4v) is 3.98. The highest BCUT2D eigenvalue weighted by Gasteiger charge is 2.37. The summed E-state index contributed by atoms with van der Waals surface area (Å²) in [6.45, 7) is 2.63. The number of amides is 1. The van der Waals surface area contributed by atoms with Crippen molar-refractivity contribution in [3.05, 3.63) is 35.6 Å². The second-order valence-corrected chi connectivity index (χ2v) is 6.87. The molecule has 2 aliphatic heterocycles. The molecule has 1 N–H and O–H groups in total. The molecule has 1 aromatic rings. The first kappa shape index (κ1) is 17.4. The van der Waals surface area contributed by atoms with E-state index in [1.54, 1.807) is 7.11 Å². The van der Waals surface area contributed by atoms with Gasteiger partial charge in [-0.3, -0.25) is 4.79 Å². The van der Waals surface area contributed by atoms with Crippen LogP contribution in [0.3, 0.4) is 0 Å². The number of nitrogens with zero attached hydrogens (tertiary/aromatic N) is 1. The van der Waals surface area contributed by atoms with Crippen LogP contribution in [0.1, 0.15) is 31.2 Å². The molecule has 0 unspecified atom stereocenters. The Labute approximate surface area is 143 Å². The molecule has 2 heterocycles. The highest BCUT2D eigenvalue weighted by Crippen LogP contribution is 2.27. The summed E-state index contributed by atoms with van der Waals surface area (Å²) in [4.78, 5) is 15.1. The number of methoxy groups -OCH3 is 1. The van der Waals surface area contributed by atoms with Crippen molar-refractivity contribution < 1.29 is 13.9 Å². The number of nitrogens with one attached hydrogen (secondary N) is 1. The minimum Gasteiger partial charge on any atom is -0.379 e. The van der Waals surface area contributed by atoms with E-state index in [9.17, 15) is 9.18 Å². The molecule has 1 aromatic carbocycles. The Hall–Kier alpha value is -1.46. The maximum atomic E-state index is 13.2. The average Bonchev–Trinajstić information content (AvgIpc) is 2.64. The number of rotatable bonds is 4. The van der Waals surface area contributed by atoms with Gasteiger partial charge in [0, 0.05) is 19.6 Å². The van der Waals surface area contributed by atoms with Gasteiger partial charge in [-0.1, -0.05) is 12.1 Å². The van der Waals surface area contributed by atoms with E-state index >= 15 is 0 Å². The fraction of sp³-hybridized carbons (Fsp3) is 0.632. The number of halogens is 1. The summed E-state index contributed by atoms with van der Waals surface area (Å²) in [5, 5.41) is 3.32. The Morgan fingerprint density at radius 2 is 1.96 bits per heavy atom. The predicted octanol–water partition coefficient (Wildman–Crippen LogP) is 2.37. The van der Waals surface area contributed by atoms with Crippen molar-refractivity contribution in [2.75, 3.05) is 26.7 Å². The monoisotopic (exact) mass is 334 g/mol. The third kappa shape index (κ3) is 3.95. The van der Waals surface area contributed by atoms with Crippen LogP contribution < -0.4 is 5.32 Å². The molecule has 2 fully saturated rings. The van der Waals surface area contributed by atoms with Gasteiger partial charge in [-0.15, -0.1) is 0 Å². The van der Waals surface area contributed by atoms with E-state index in [4.69, 9.17) is 4.74 Å². The number of carbonyl (C=O) groups excluding carboxylic acids is 1. The van der Waals surface area contributed by atoms with Crippen molar-refractivity contribution in [2.45, 2.75) is 44.2 Å². The highest BCUT2D eigenvalue weighted by atomic mass is 19.1. The van der Waals surface area contributed by atoms with E-state index in [2.05, 4.69) is 5.32 Å². The van der Waals surface area contributed by atoms with E-state index < -0.39 is 0 Å². The molecule has 24 heavy (non-hydrogen) atoms. The first-order valence-corrected chi connectivity index (χ1v) is 8.97. The minimum atomic E-state index is -0.228. The van der Waals surface area contributed by atoms with Crippen LogP contribution in [-0.4, -0.2) is 49.7 Å². The number of piperidine rings is 2. The summed E-state index contributed by atoms with van der Waals surface area (Å²) in [5.41, 5.74) is 1.05. The van der Waals surface area contributed by atoms with Crippen molar-refractivity contribution >= 4 is 5.91 Å². The van der Waals surface area contributed by atoms with Crippen LogP contribution in [0.25, 0.3) is 0 Å². The molecule has 0 aliphatic carbocycles. The number of carbonyl (C=O) groups is 1. The van der Waals surface area contributed by atoms with Crippen molar-refractivity contribution in [1.82, 2.24) is 10.2 Å². The molecule has 132 valence electrons. The highest BCUT2D eigenvalue weighted by molar-refractivity contribution is 5.79. The second-order valence-electron chi connectivity index (χ2n) is 6.87. The number of ether oxygens (including phenoxy) is 1. The zero-order chi connectivity index (χ0) is 16.9. The fourth-order valence-electron chi connectivity index (χ4n) is 3.98. The smallest absolute Gasteiger partial charge is 0.226 e. The summed E-state index contributed by atoms with van der Waals surface area (Å²) < 4.78 is 18.8. The van der Waals surface area contributed by atoms with Crippen molar-refractivity contribution in [1.29, 1.82) is 0 Å². The minimum absolute atomic E-state index is 0.0385. The molecule has 5 heteroatoms. The summed E-state index contributed by atoms with van der Waals surface area (Å²) >= 11 is 0. The van der Waals surface area contributed by atoms with E-state index in [1.807, 2.05) is 17.0 Å². The normalized spacial score (nSPS) is 25.7. The van der Waals surface area contributed by atoms with Crippen LogP contribution in [0.2, 0.25) is 0 Å². The Balaban J connectivity index is 1.76. The summed E-state index contributed by atoms with van der Waals surface area (Å²) in [6, 6.07) is 6.63. The van der Waals surface area contributed by atoms with Crippen LogP contribution in [-0.2, 0) is 16.0 Å². The van der Waals surface area contributed by atoms with Crippen molar-refractivity contribution in [3.8, 4) is 0 Å². The van der Waals surface area contributed by atoms with E-state index in [1.165, 1.54) is 12.1 Å². The van der Waals surface area contributed by atoms with Gasteiger partial charge in [0.25, 0.3) is 0 Å². The molecule has 2 atom stereocenters. The molecule has 0 spiro atoms. The Kier molecular flexibility index (Phi) is 5.85. The van der Waals surface area contributed by atoms with Crippen molar-refractivity contribution in [3.63, 3.8) is 0 Å². The number of likely N-dealkylation sites (tertiary alicyclic amines) is 1. The van der Waals surface area contributed by atoms with Crippen LogP contribution in [0, 0.1) is 11.7 Å². The van der Waals surface area contributed by atoms with Crippen molar-refractivity contribution in [2.24, 2.45) is 5.92 Å². The molecule has 2 saturated heterocycles. The first-order chi connectivity index (χ1) is 11.7.